The van der Waals surface area contributed by atoms with Gasteiger partial charge in [0.25, 0.3) is 0 Å². The van der Waals surface area contributed by atoms with Crippen LogP contribution in [-0.2, 0) is 4.79 Å². The molecule has 4 nitrogen and oxygen atoms in total. The molecular formula is C11H11Cl2N3O. The molecule has 2 rings (SSSR count). The molecule has 6 heteroatoms. The predicted octanol–water partition coefficient (Wildman–Crippen LogP) is 2.63. The van der Waals surface area contributed by atoms with E-state index in [0.717, 1.165) is 0 Å². The Morgan fingerprint density at radius 3 is 2.47 bits per heavy atom. The van der Waals surface area contributed by atoms with Gasteiger partial charge in [-0.2, -0.15) is 0 Å². The van der Waals surface area contributed by atoms with Gasteiger partial charge in [0.05, 0.1) is 0 Å². The highest BCUT2D eigenvalue weighted by Gasteiger charge is 2.32. The van der Waals surface area contributed by atoms with Crippen LogP contribution < -0.4 is 4.90 Å². The van der Waals surface area contributed by atoms with Crippen molar-refractivity contribution >= 4 is 34.8 Å². The van der Waals surface area contributed by atoms with E-state index in [4.69, 9.17) is 23.2 Å². The summed E-state index contributed by atoms with van der Waals surface area (Å²) in [5, 5.41) is 0.418. The molecule has 0 bridgehead atoms. The number of hydrogen-bond acceptors (Lipinski definition) is 3. The number of rotatable bonds is 2. The number of halogens is 2. The molecule has 2 heterocycles. The van der Waals surface area contributed by atoms with Gasteiger partial charge in [-0.05, 0) is 6.92 Å². The second kappa shape index (κ2) is 4.63. The van der Waals surface area contributed by atoms with Gasteiger partial charge in [0.15, 0.2) is 10.3 Å². The van der Waals surface area contributed by atoms with Gasteiger partial charge in [-0.3, -0.25) is 4.79 Å². The summed E-state index contributed by atoms with van der Waals surface area (Å²) in [7, 11) is 0. The first kappa shape index (κ1) is 12.3. The zero-order valence-corrected chi connectivity index (χ0v) is 10.8. The molecule has 1 atom stereocenters. The summed E-state index contributed by atoms with van der Waals surface area (Å²) >= 11 is 12.0. The average Bonchev–Trinajstić information content (AvgIpc) is 2.59. The number of carbonyl (C=O) groups excluding carboxylic acids is 1. The zero-order chi connectivity index (χ0) is 12.6. The van der Waals surface area contributed by atoms with Gasteiger partial charge in [0, 0.05) is 18.9 Å². The number of aryl methyl sites for hydroxylation is 1. The predicted molar refractivity (Wildman–Crippen MR) is 67.4 cm³/mol. The molecule has 0 saturated carbocycles. The summed E-state index contributed by atoms with van der Waals surface area (Å²) in [6.07, 6.45) is 2.18. The van der Waals surface area contributed by atoms with E-state index in [1.807, 2.05) is 0 Å². The maximum Gasteiger partial charge on any atom is 0.227 e. The number of nitrogens with zero attached hydrogens (tertiary/aromatic N) is 3. The molecule has 0 aromatic carbocycles. The highest BCUT2D eigenvalue weighted by atomic mass is 35.5. The molecule has 0 radical (unpaired) electrons. The van der Waals surface area contributed by atoms with Crippen LogP contribution in [0.15, 0.2) is 12.7 Å². The lowest BCUT2D eigenvalue weighted by molar-refractivity contribution is -0.117. The van der Waals surface area contributed by atoms with E-state index in [-0.39, 0.29) is 22.1 Å². The molecule has 1 saturated heterocycles. The summed E-state index contributed by atoms with van der Waals surface area (Å²) < 4.78 is 0. The van der Waals surface area contributed by atoms with Gasteiger partial charge in [-0.1, -0.05) is 29.3 Å². The molecule has 0 N–H and O–H groups in total. The molecular weight excluding hydrogens is 261 g/mol. The van der Waals surface area contributed by atoms with Crippen LogP contribution in [0.3, 0.4) is 0 Å². The molecule has 1 aromatic rings. The second-order valence-corrected chi connectivity index (χ2v) is 4.62. The molecule has 1 fully saturated rings. The first-order valence-corrected chi connectivity index (χ1v) is 5.91. The molecule has 90 valence electrons. The van der Waals surface area contributed by atoms with Crippen molar-refractivity contribution in [3.8, 4) is 0 Å². The molecule has 1 amide bonds. The molecule has 1 unspecified atom stereocenters. The van der Waals surface area contributed by atoms with Crippen LogP contribution in [0.4, 0.5) is 5.69 Å². The Morgan fingerprint density at radius 2 is 2.00 bits per heavy atom. The zero-order valence-electron chi connectivity index (χ0n) is 9.28. The molecule has 0 spiro atoms. The third kappa shape index (κ3) is 2.28. The minimum Gasteiger partial charge on any atom is -0.306 e. The number of anilines is 1. The SMILES string of the molecule is C=CC1CC(=O)N(c2c(Cl)nc(C)nc2Cl)C1. The first-order valence-electron chi connectivity index (χ1n) is 5.15. The summed E-state index contributed by atoms with van der Waals surface area (Å²) in [4.78, 5) is 21.4. The van der Waals surface area contributed by atoms with Crippen molar-refractivity contribution in [1.82, 2.24) is 9.97 Å². The van der Waals surface area contributed by atoms with Gasteiger partial charge >= 0.3 is 0 Å². The van der Waals surface area contributed by atoms with Crippen LogP contribution in [0.5, 0.6) is 0 Å². The van der Waals surface area contributed by atoms with E-state index in [1.54, 1.807) is 13.0 Å². The Kier molecular flexibility index (Phi) is 3.35. The maximum atomic E-state index is 11.8. The molecule has 1 aliphatic heterocycles. The highest BCUT2D eigenvalue weighted by molar-refractivity contribution is 6.38. The van der Waals surface area contributed by atoms with Crippen molar-refractivity contribution < 1.29 is 4.79 Å². The van der Waals surface area contributed by atoms with E-state index in [1.165, 1.54) is 4.90 Å². The topological polar surface area (TPSA) is 46.1 Å². The van der Waals surface area contributed by atoms with Gasteiger partial charge < -0.3 is 4.90 Å². The van der Waals surface area contributed by atoms with Crippen LogP contribution in [0.25, 0.3) is 0 Å². The minimum absolute atomic E-state index is 0.0360. The lowest BCUT2D eigenvalue weighted by Gasteiger charge is -2.18. The first-order chi connectivity index (χ1) is 8.02. The minimum atomic E-state index is -0.0360. The third-order valence-electron chi connectivity index (χ3n) is 2.67. The molecule has 17 heavy (non-hydrogen) atoms. The van der Waals surface area contributed by atoms with Crippen LogP contribution in [0.1, 0.15) is 12.2 Å². The van der Waals surface area contributed by atoms with E-state index in [9.17, 15) is 4.79 Å². The van der Waals surface area contributed by atoms with Crippen molar-refractivity contribution in [3.63, 3.8) is 0 Å². The fraction of sp³-hybridized carbons (Fsp3) is 0.364. The number of amides is 1. The monoisotopic (exact) mass is 271 g/mol. The summed E-state index contributed by atoms with van der Waals surface area (Å²) in [5.74, 6) is 0.567. The fourth-order valence-electron chi connectivity index (χ4n) is 1.83. The highest BCUT2D eigenvalue weighted by Crippen LogP contribution is 2.35. The van der Waals surface area contributed by atoms with E-state index < -0.39 is 0 Å². The Balaban J connectivity index is 2.41. The fourth-order valence-corrected chi connectivity index (χ4v) is 2.51. The number of hydrogen-bond donors (Lipinski definition) is 0. The molecule has 1 aliphatic rings. The van der Waals surface area contributed by atoms with Crippen molar-refractivity contribution in [1.29, 1.82) is 0 Å². The largest absolute Gasteiger partial charge is 0.306 e. The summed E-state index contributed by atoms with van der Waals surface area (Å²) in [6, 6.07) is 0. The number of aromatic nitrogens is 2. The second-order valence-electron chi connectivity index (χ2n) is 3.91. The van der Waals surface area contributed by atoms with Gasteiger partial charge in [0.2, 0.25) is 5.91 Å². The normalized spacial score (nSPS) is 19.8. The quantitative estimate of drug-likeness (QED) is 0.614. The van der Waals surface area contributed by atoms with Crippen molar-refractivity contribution in [2.24, 2.45) is 5.92 Å². The smallest absolute Gasteiger partial charge is 0.227 e. The van der Waals surface area contributed by atoms with Crippen molar-refractivity contribution in [2.45, 2.75) is 13.3 Å². The number of carbonyl (C=O) groups is 1. The Labute approximate surface area is 109 Å². The van der Waals surface area contributed by atoms with Gasteiger partial charge in [0.1, 0.15) is 11.5 Å². The van der Waals surface area contributed by atoms with Crippen molar-refractivity contribution in [2.75, 3.05) is 11.4 Å². The van der Waals surface area contributed by atoms with Crippen LogP contribution in [0, 0.1) is 12.8 Å². The van der Waals surface area contributed by atoms with E-state index in [0.29, 0.717) is 24.5 Å². The lowest BCUT2D eigenvalue weighted by Crippen LogP contribution is -2.25. The van der Waals surface area contributed by atoms with Crippen LogP contribution in [-0.4, -0.2) is 22.4 Å². The maximum absolute atomic E-state index is 11.8. The standard InChI is InChI=1S/C11H11Cl2N3O/c1-3-7-4-8(17)16(5-7)9-10(12)14-6(2)15-11(9)13/h3,7H,1,4-5H2,2H3. The summed E-state index contributed by atoms with van der Waals surface area (Å²) in [5.41, 5.74) is 0.397. The van der Waals surface area contributed by atoms with Gasteiger partial charge in [-0.15, -0.1) is 6.58 Å². The summed E-state index contributed by atoms with van der Waals surface area (Å²) in [6.45, 7) is 5.90. The Bertz CT molecular complexity index is 467. The van der Waals surface area contributed by atoms with Gasteiger partial charge in [-0.25, -0.2) is 9.97 Å². The Morgan fingerprint density at radius 1 is 1.41 bits per heavy atom. The van der Waals surface area contributed by atoms with E-state index >= 15 is 0 Å². The van der Waals surface area contributed by atoms with E-state index in [2.05, 4.69) is 16.5 Å². The lowest BCUT2D eigenvalue weighted by atomic mass is 10.1. The molecule has 0 aliphatic carbocycles. The molecule has 1 aromatic heterocycles. The average molecular weight is 272 g/mol. The van der Waals surface area contributed by atoms with Crippen LogP contribution >= 0.6 is 23.2 Å². The Hall–Kier alpha value is -1.13. The van der Waals surface area contributed by atoms with Crippen LogP contribution in [0.2, 0.25) is 10.3 Å². The third-order valence-corrected chi connectivity index (χ3v) is 3.20. The van der Waals surface area contributed by atoms with Crippen molar-refractivity contribution in [3.05, 3.63) is 28.8 Å².